The number of hydrogen-bond acceptors (Lipinski definition) is 2. The van der Waals surface area contributed by atoms with Crippen LogP contribution in [0.15, 0.2) is 18.2 Å². The molecule has 3 N–H and O–H groups in total. The van der Waals surface area contributed by atoms with Crippen LogP contribution < -0.4 is 11.1 Å². The summed E-state index contributed by atoms with van der Waals surface area (Å²) in [6, 6.07) is 6.17. The molecule has 0 spiro atoms. The predicted molar refractivity (Wildman–Crippen MR) is 77.8 cm³/mol. The Balaban J connectivity index is 2.22. The summed E-state index contributed by atoms with van der Waals surface area (Å²) >= 11 is 11.0. The second-order valence-corrected chi connectivity index (χ2v) is 5.59. The summed E-state index contributed by atoms with van der Waals surface area (Å²) in [5.74, 6) is 0.699. The van der Waals surface area contributed by atoms with Gasteiger partial charge in [-0.05, 0) is 37.0 Å². The number of thiocarbonyl (C=S) groups is 1. The summed E-state index contributed by atoms with van der Waals surface area (Å²) in [6.07, 6.45) is 3.78. The lowest BCUT2D eigenvalue weighted by molar-refractivity contribution is 0.556. The molecule has 4 heteroatoms. The highest BCUT2D eigenvalue weighted by Gasteiger charge is 2.23. The standard InChI is InChI=1S/C13H17ClN2S/c1-8-3-2-4-11(8)16-12-6-5-9(14)7-10(12)13(15)17/h5-8,11,16H,2-4H2,1H3,(H2,15,17). The average molecular weight is 269 g/mol. The van der Waals surface area contributed by atoms with Gasteiger partial charge in [-0.1, -0.05) is 37.2 Å². The highest BCUT2D eigenvalue weighted by molar-refractivity contribution is 7.80. The van der Waals surface area contributed by atoms with E-state index in [0.29, 0.717) is 22.0 Å². The monoisotopic (exact) mass is 268 g/mol. The van der Waals surface area contributed by atoms with Crippen molar-refractivity contribution in [2.24, 2.45) is 11.7 Å². The maximum atomic E-state index is 5.96. The number of rotatable bonds is 3. The second kappa shape index (κ2) is 5.23. The molecule has 2 rings (SSSR count). The summed E-state index contributed by atoms with van der Waals surface area (Å²) in [7, 11) is 0. The maximum Gasteiger partial charge on any atom is 0.106 e. The van der Waals surface area contributed by atoms with E-state index < -0.39 is 0 Å². The van der Waals surface area contributed by atoms with Crippen molar-refractivity contribution < 1.29 is 0 Å². The SMILES string of the molecule is CC1CCCC1Nc1ccc(Cl)cc1C(N)=S. The van der Waals surface area contributed by atoms with Crippen LogP contribution in [0.4, 0.5) is 5.69 Å². The fourth-order valence-corrected chi connectivity index (χ4v) is 2.75. The summed E-state index contributed by atoms with van der Waals surface area (Å²) in [4.78, 5) is 0.389. The zero-order valence-corrected chi connectivity index (χ0v) is 11.4. The zero-order chi connectivity index (χ0) is 12.4. The smallest absolute Gasteiger partial charge is 0.106 e. The number of halogens is 1. The normalized spacial score (nSPS) is 23.6. The van der Waals surface area contributed by atoms with E-state index in [0.717, 1.165) is 11.3 Å². The van der Waals surface area contributed by atoms with Gasteiger partial charge in [-0.3, -0.25) is 0 Å². The number of benzene rings is 1. The molecule has 0 bridgehead atoms. The molecule has 2 atom stereocenters. The van der Waals surface area contributed by atoms with E-state index in [4.69, 9.17) is 29.6 Å². The molecule has 17 heavy (non-hydrogen) atoms. The molecule has 92 valence electrons. The van der Waals surface area contributed by atoms with Gasteiger partial charge in [0.05, 0.1) is 0 Å². The molecule has 1 aliphatic carbocycles. The molecule has 0 heterocycles. The van der Waals surface area contributed by atoms with E-state index in [9.17, 15) is 0 Å². The summed E-state index contributed by atoms with van der Waals surface area (Å²) in [6.45, 7) is 2.28. The molecule has 1 aromatic rings. The Morgan fingerprint density at radius 2 is 2.24 bits per heavy atom. The quantitative estimate of drug-likeness (QED) is 0.823. The molecule has 0 aliphatic heterocycles. The molecule has 0 saturated heterocycles. The van der Waals surface area contributed by atoms with Crippen LogP contribution in [0.25, 0.3) is 0 Å². The van der Waals surface area contributed by atoms with Crippen molar-refractivity contribution in [3.8, 4) is 0 Å². The minimum absolute atomic E-state index is 0.389. The third-order valence-electron chi connectivity index (χ3n) is 3.45. The van der Waals surface area contributed by atoms with Gasteiger partial charge in [0.15, 0.2) is 0 Å². The van der Waals surface area contributed by atoms with Gasteiger partial charge in [-0.15, -0.1) is 0 Å². The van der Waals surface area contributed by atoms with Crippen LogP contribution in [-0.4, -0.2) is 11.0 Å². The molecule has 0 aromatic heterocycles. The van der Waals surface area contributed by atoms with Crippen LogP contribution in [0, 0.1) is 5.92 Å². The fourth-order valence-electron chi connectivity index (χ4n) is 2.41. The van der Waals surface area contributed by atoms with Crippen molar-refractivity contribution in [2.75, 3.05) is 5.32 Å². The molecule has 0 amide bonds. The first-order valence-electron chi connectivity index (χ1n) is 5.94. The Hall–Kier alpha value is -0.800. The first kappa shape index (κ1) is 12.7. The number of hydrogen-bond donors (Lipinski definition) is 2. The van der Waals surface area contributed by atoms with Crippen LogP contribution in [0.5, 0.6) is 0 Å². The van der Waals surface area contributed by atoms with E-state index in [2.05, 4.69) is 12.2 Å². The van der Waals surface area contributed by atoms with Crippen molar-refractivity contribution >= 4 is 34.5 Å². The first-order chi connectivity index (χ1) is 8.08. The minimum atomic E-state index is 0.389. The van der Waals surface area contributed by atoms with Crippen molar-refractivity contribution in [1.82, 2.24) is 0 Å². The van der Waals surface area contributed by atoms with Gasteiger partial charge in [-0.25, -0.2) is 0 Å². The summed E-state index contributed by atoms with van der Waals surface area (Å²) < 4.78 is 0. The summed E-state index contributed by atoms with van der Waals surface area (Å²) in [5.41, 5.74) is 7.57. The highest BCUT2D eigenvalue weighted by Crippen LogP contribution is 2.30. The second-order valence-electron chi connectivity index (χ2n) is 4.71. The Kier molecular flexibility index (Phi) is 3.89. The molecular weight excluding hydrogens is 252 g/mol. The third-order valence-corrected chi connectivity index (χ3v) is 3.90. The predicted octanol–water partition coefficient (Wildman–Crippen LogP) is 3.57. The molecule has 2 unspecified atom stereocenters. The van der Waals surface area contributed by atoms with Gasteiger partial charge in [-0.2, -0.15) is 0 Å². The average Bonchev–Trinajstić information content (AvgIpc) is 2.67. The number of anilines is 1. The van der Waals surface area contributed by atoms with Crippen LogP contribution in [0.1, 0.15) is 31.7 Å². The van der Waals surface area contributed by atoms with Gasteiger partial charge >= 0.3 is 0 Å². The van der Waals surface area contributed by atoms with Gasteiger partial charge < -0.3 is 11.1 Å². The molecule has 1 aromatic carbocycles. The first-order valence-corrected chi connectivity index (χ1v) is 6.72. The van der Waals surface area contributed by atoms with Crippen molar-refractivity contribution in [3.05, 3.63) is 28.8 Å². The molecule has 0 radical (unpaired) electrons. The van der Waals surface area contributed by atoms with Gasteiger partial charge in [0.1, 0.15) is 4.99 Å². The Labute approximate surface area is 113 Å². The topological polar surface area (TPSA) is 38.0 Å². The molecule has 2 nitrogen and oxygen atoms in total. The Morgan fingerprint density at radius 1 is 1.47 bits per heavy atom. The van der Waals surface area contributed by atoms with Crippen molar-refractivity contribution in [2.45, 2.75) is 32.2 Å². The van der Waals surface area contributed by atoms with E-state index in [1.807, 2.05) is 18.2 Å². The number of nitrogens with one attached hydrogen (secondary N) is 1. The zero-order valence-electron chi connectivity index (χ0n) is 9.87. The minimum Gasteiger partial charge on any atom is -0.389 e. The van der Waals surface area contributed by atoms with E-state index in [1.54, 1.807) is 0 Å². The van der Waals surface area contributed by atoms with Crippen LogP contribution >= 0.6 is 23.8 Å². The highest BCUT2D eigenvalue weighted by atomic mass is 35.5. The van der Waals surface area contributed by atoms with Gasteiger partial charge in [0.25, 0.3) is 0 Å². The molecule has 1 fully saturated rings. The van der Waals surface area contributed by atoms with Crippen LogP contribution in [-0.2, 0) is 0 Å². The maximum absolute atomic E-state index is 5.96. The van der Waals surface area contributed by atoms with E-state index in [1.165, 1.54) is 19.3 Å². The van der Waals surface area contributed by atoms with Crippen molar-refractivity contribution in [1.29, 1.82) is 0 Å². The fraction of sp³-hybridized carbons (Fsp3) is 0.462. The van der Waals surface area contributed by atoms with Gasteiger partial charge in [0.2, 0.25) is 0 Å². The third kappa shape index (κ3) is 2.90. The molecular formula is C13H17ClN2S. The van der Waals surface area contributed by atoms with E-state index in [-0.39, 0.29) is 0 Å². The number of nitrogens with two attached hydrogens (primary N) is 1. The lowest BCUT2D eigenvalue weighted by Crippen LogP contribution is -2.24. The largest absolute Gasteiger partial charge is 0.389 e. The Morgan fingerprint density at radius 3 is 2.82 bits per heavy atom. The summed E-state index contributed by atoms with van der Waals surface area (Å²) in [5, 5.41) is 4.21. The van der Waals surface area contributed by atoms with Gasteiger partial charge in [0, 0.05) is 22.3 Å². The Bertz CT molecular complexity index is 433. The lowest BCUT2D eigenvalue weighted by atomic mass is 10.1. The van der Waals surface area contributed by atoms with Crippen LogP contribution in [0.2, 0.25) is 5.02 Å². The van der Waals surface area contributed by atoms with Crippen LogP contribution in [0.3, 0.4) is 0 Å². The lowest BCUT2D eigenvalue weighted by Gasteiger charge is -2.20. The molecule has 1 saturated carbocycles. The van der Waals surface area contributed by atoms with E-state index >= 15 is 0 Å². The molecule has 1 aliphatic rings. The van der Waals surface area contributed by atoms with Crippen molar-refractivity contribution in [3.63, 3.8) is 0 Å².